The van der Waals surface area contributed by atoms with Gasteiger partial charge in [-0.25, -0.2) is 0 Å². The number of carbonyl (C=O) groups is 1. The van der Waals surface area contributed by atoms with Gasteiger partial charge in [-0.1, -0.05) is 19.9 Å². The minimum atomic E-state index is 0.351. The summed E-state index contributed by atoms with van der Waals surface area (Å²) in [5, 5.41) is 0. The Morgan fingerprint density at radius 1 is 1.44 bits per heavy atom. The molecule has 1 aliphatic rings. The van der Waals surface area contributed by atoms with Crippen molar-refractivity contribution in [2.45, 2.75) is 26.7 Å². The lowest BCUT2D eigenvalue weighted by Gasteiger charge is -2.15. The molecule has 1 rings (SSSR count). The van der Waals surface area contributed by atoms with E-state index in [0.717, 1.165) is 18.4 Å². The fourth-order valence-electron chi connectivity index (χ4n) is 0.950. The van der Waals surface area contributed by atoms with E-state index in [1.165, 1.54) is 0 Å². The summed E-state index contributed by atoms with van der Waals surface area (Å²) >= 11 is 0. The molecule has 1 saturated carbocycles. The highest BCUT2D eigenvalue weighted by Crippen LogP contribution is 2.22. The molecular formula is C8H12O. The fraction of sp³-hybridized carbons (Fsp3) is 0.625. The van der Waals surface area contributed by atoms with Crippen LogP contribution in [0.25, 0.3) is 0 Å². The Labute approximate surface area is 55.8 Å². The van der Waals surface area contributed by atoms with E-state index < -0.39 is 0 Å². The number of allylic oxidation sites excluding steroid dienone is 2. The van der Waals surface area contributed by atoms with Gasteiger partial charge in [-0.15, -0.1) is 0 Å². The molecule has 1 aliphatic carbocycles. The SMILES string of the molecule is CC(C)/C=C1\CCC1=O. The minimum absolute atomic E-state index is 0.351. The van der Waals surface area contributed by atoms with Crippen LogP contribution >= 0.6 is 0 Å². The maximum absolute atomic E-state index is 10.7. The highest BCUT2D eigenvalue weighted by atomic mass is 16.1. The largest absolute Gasteiger partial charge is 0.295 e. The van der Waals surface area contributed by atoms with E-state index >= 15 is 0 Å². The number of carbonyl (C=O) groups excluding carboxylic acids is 1. The summed E-state index contributed by atoms with van der Waals surface area (Å²) in [4.78, 5) is 10.7. The van der Waals surface area contributed by atoms with Crippen LogP contribution in [0.15, 0.2) is 11.6 Å². The molecule has 0 radical (unpaired) electrons. The van der Waals surface area contributed by atoms with Crippen molar-refractivity contribution in [3.05, 3.63) is 11.6 Å². The molecule has 0 N–H and O–H groups in total. The standard InChI is InChI=1S/C8H12O/c1-6(2)5-7-3-4-8(7)9/h5-6H,3-4H2,1-2H3/b7-5+. The third kappa shape index (κ3) is 1.41. The molecule has 0 aromatic heterocycles. The molecule has 0 saturated heterocycles. The normalized spacial score (nSPS) is 23.0. The van der Waals surface area contributed by atoms with E-state index in [0.29, 0.717) is 11.7 Å². The van der Waals surface area contributed by atoms with Crippen LogP contribution in [-0.4, -0.2) is 5.78 Å². The fourth-order valence-corrected chi connectivity index (χ4v) is 0.950. The quantitative estimate of drug-likeness (QED) is 0.488. The number of ketones is 1. The average molecular weight is 124 g/mol. The molecule has 9 heavy (non-hydrogen) atoms. The van der Waals surface area contributed by atoms with E-state index in [2.05, 4.69) is 19.9 Å². The first-order valence-electron chi connectivity index (χ1n) is 3.44. The summed E-state index contributed by atoms with van der Waals surface area (Å²) in [6.45, 7) is 4.19. The maximum Gasteiger partial charge on any atom is 0.158 e. The number of hydrogen-bond acceptors (Lipinski definition) is 1. The van der Waals surface area contributed by atoms with Gasteiger partial charge in [0.1, 0.15) is 0 Å². The van der Waals surface area contributed by atoms with E-state index in [-0.39, 0.29) is 0 Å². The highest BCUT2D eigenvalue weighted by Gasteiger charge is 2.19. The van der Waals surface area contributed by atoms with Crippen LogP contribution in [0.5, 0.6) is 0 Å². The third-order valence-electron chi connectivity index (χ3n) is 1.51. The van der Waals surface area contributed by atoms with Gasteiger partial charge in [-0.05, 0) is 17.9 Å². The number of hydrogen-bond donors (Lipinski definition) is 0. The van der Waals surface area contributed by atoms with Crippen LogP contribution < -0.4 is 0 Å². The van der Waals surface area contributed by atoms with E-state index in [9.17, 15) is 4.79 Å². The predicted molar refractivity (Wildman–Crippen MR) is 37.2 cm³/mol. The van der Waals surface area contributed by atoms with Gasteiger partial charge in [0, 0.05) is 6.42 Å². The Hall–Kier alpha value is -0.590. The summed E-state index contributed by atoms with van der Waals surface area (Å²) in [7, 11) is 0. The number of Topliss-reactive ketones (excluding diaryl/α,β-unsaturated/α-hetero) is 1. The monoisotopic (exact) mass is 124 g/mol. The van der Waals surface area contributed by atoms with Crippen LogP contribution in [0.1, 0.15) is 26.7 Å². The lowest BCUT2D eigenvalue weighted by atomic mass is 9.88. The first-order valence-corrected chi connectivity index (χ1v) is 3.44. The van der Waals surface area contributed by atoms with Gasteiger partial charge in [0.15, 0.2) is 5.78 Å². The van der Waals surface area contributed by atoms with Gasteiger partial charge in [0.25, 0.3) is 0 Å². The number of rotatable bonds is 1. The zero-order valence-corrected chi connectivity index (χ0v) is 5.98. The summed E-state index contributed by atoms with van der Waals surface area (Å²) < 4.78 is 0. The van der Waals surface area contributed by atoms with Crippen molar-refractivity contribution in [1.29, 1.82) is 0 Å². The van der Waals surface area contributed by atoms with Gasteiger partial charge in [-0.2, -0.15) is 0 Å². The predicted octanol–water partition coefficient (Wildman–Crippen LogP) is 1.93. The zero-order chi connectivity index (χ0) is 6.85. The summed E-state index contributed by atoms with van der Waals surface area (Å²) in [5.74, 6) is 0.882. The van der Waals surface area contributed by atoms with E-state index in [1.807, 2.05) is 0 Å². The van der Waals surface area contributed by atoms with Crippen molar-refractivity contribution in [2.75, 3.05) is 0 Å². The Bertz CT molecular complexity index is 154. The van der Waals surface area contributed by atoms with Crippen LogP contribution in [0.4, 0.5) is 0 Å². The molecule has 1 fully saturated rings. The molecule has 0 aliphatic heterocycles. The lowest BCUT2D eigenvalue weighted by molar-refractivity contribution is -0.118. The Morgan fingerprint density at radius 3 is 2.22 bits per heavy atom. The summed E-state index contributed by atoms with van der Waals surface area (Å²) in [5.41, 5.74) is 1.05. The van der Waals surface area contributed by atoms with Crippen LogP contribution in [0.2, 0.25) is 0 Å². The van der Waals surface area contributed by atoms with Crippen LogP contribution in [0.3, 0.4) is 0 Å². The molecule has 0 bridgehead atoms. The van der Waals surface area contributed by atoms with Crippen LogP contribution in [0, 0.1) is 5.92 Å². The lowest BCUT2D eigenvalue weighted by Crippen LogP contribution is -2.14. The first-order chi connectivity index (χ1) is 4.20. The molecule has 0 aromatic rings. The molecule has 0 unspecified atom stereocenters. The van der Waals surface area contributed by atoms with Gasteiger partial charge in [0.05, 0.1) is 0 Å². The van der Waals surface area contributed by atoms with Crippen molar-refractivity contribution in [2.24, 2.45) is 5.92 Å². The van der Waals surface area contributed by atoms with Crippen molar-refractivity contribution >= 4 is 5.78 Å². The molecule has 0 spiro atoms. The molecule has 0 amide bonds. The Kier molecular flexibility index (Phi) is 1.70. The zero-order valence-electron chi connectivity index (χ0n) is 5.98. The maximum atomic E-state index is 10.7. The molecule has 50 valence electrons. The second kappa shape index (κ2) is 2.34. The molecule has 0 aromatic carbocycles. The van der Waals surface area contributed by atoms with E-state index in [1.54, 1.807) is 0 Å². The highest BCUT2D eigenvalue weighted by molar-refractivity contribution is 6.01. The topological polar surface area (TPSA) is 17.1 Å². The first kappa shape index (κ1) is 6.53. The second-order valence-electron chi connectivity index (χ2n) is 2.86. The van der Waals surface area contributed by atoms with Crippen molar-refractivity contribution in [3.8, 4) is 0 Å². The molecule has 0 heterocycles. The van der Waals surface area contributed by atoms with Gasteiger partial charge < -0.3 is 0 Å². The molecule has 0 atom stereocenters. The second-order valence-corrected chi connectivity index (χ2v) is 2.86. The van der Waals surface area contributed by atoms with Crippen molar-refractivity contribution in [1.82, 2.24) is 0 Å². The Balaban J connectivity index is 2.51. The average Bonchev–Trinajstić information content (AvgIpc) is 1.79. The van der Waals surface area contributed by atoms with Crippen molar-refractivity contribution in [3.63, 3.8) is 0 Å². The van der Waals surface area contributed by atoms with E-state index in [4.69, 9.17) is 0 Å². The Morgan fingerprint density at radius 2 is 2.11 bits per heavy atom. The summed E-state index contributed by atoms with van der Waals surface area (Å²) in [6.07, 6.45) is 3.85. The summed E-state index contributed by atoms with van der Waals surface area (Å²) in [6, 6.07) is 0. The molecular weight excluding hydrogens is 112 g/mol. The smallest absolute Gasteiger partial charge is 0.158 e. The molecule has 1 heteroatoms. The third-order valence-corrected chi connectivity index (χ3v) is 1.51. The molecule has 1 nitrogen and oxygen atoms in total. The van der Waals surface area contributed by atoms with Crippen molar-refractivity contribution < 1.29 is 4.79 Å². The van der Waals surface area contributed by atoms with Gasteiger partial charge >= 0.3 is 0 Å². The van der Waals surface area contributed by atoms with Gasteiger partial charge in [-0.3, -0.25) is 4.79 Å². The minimum Gasteiger partial charge on any atom is -0.295 e. The van der Waals surface area contributed by atoms with Crippen LogP contribution in [-0.2, 0) is 4.79 Å². The van der Waals surface area contributed by atoms with Gasteiger partial charge in [0.2, 0.25) is 0 Å².